The Morgan fingerprint density at radius 1 is 1.00 bits per heavy atom. The van der Waals surface area contributed by atoms with Crippen molar-refractivity contribution in [1.82, 2.24) is 9.88 Å². The summed E-state index contributed by atoms with van der Waals surface area (Å²) in [5, 5.41) is 12.3. The van der Waals surface area contributed by atoms with Gasteiger partial charge in [-0.15, -0.1) is 0 Å². The molecule has 186 valence electrons. The van der Waals surface area contributed by atoms with E-state index in [-0.39, 0.29) is 11.8 Å². The van der Waals surface area contributed by atoms with Crippen LogP contribution in [0.1, 0.15) is 28.7 Å². The predicted molar refractivity (Wildman–Crippen MR) is 146 cm³/mol. The van der Waals surface area contributed by atoms with Crippen molar-refractivity contribution in [3.63, 3.8) is 0 Å². The molecule has 0 spiro atoms. The highest BCUT2D eigenvalue weighted by molar-refractivity contribution is 6.31. The van der Waals surface area contributed by atoms with Gasteiger partial charge in [-0.2, -0.15) is 0 Å². The van der Waals surface area contributed by atoms with Gasteiger partial charge in [0, 0.05) is 28.9 Å². The molecule has 0 saturated carbocycles. The van der Waals surface area contributed by atoms with Gasteiger partial charge in [0.25, 0.3) is 0 Å². The molecule has 0 aliphatic rings. The maximum Gasteiger partial charge on any atom is 0.305 e. The first-order chi connectivity index (χ1) is 17.3. The van der Waals surface area contributed by atoms with Crippen molar-refractivity contribution in [2.24, 2.45) is 4.99 Å². The van der Waals surface area contributed by atoms with Crippen molar-refractivity contribution in [2.45, 2.75) is 19.3 Å². The number of methoxy groups -OCH3 is 1. The second-order valence-corrected chi connectivity index (χ2v) is 9.43. The summed E-state index contributed by atoms with van der Waals surface area (Å²) in [6.07, 6.45) is 1.87. The Morgan fingerprint density at radius 3 is 2.33 bits per heavy atom. The first kappa shape index (κ1) is 25.5. The lowest BCUT2D eigenvalue weighted by atomic mass is 9.98. The number of rotatable bonds is 9. The van der Waals surface area contributed by atoms with Crippen LogP contribution in [0, 0.1) is 0 Å². The number of aromatic hydroxyl groups is 1. The minimum Gasteiger partial charge on any atom is -0.494 e. The van der Waals surface area contributed by atoms with E-state index in [1.807, 2.05) is 42.5 Å². The molecule has 4 aromatic rings. The molecule has 0 saturated heterocycles. The van der Waals surface area contributed by atoms with E-state index in [1.165, 1.54) is 12.7 Å². The number of carbonyl (C=O) groups excluding carboxylic acids is 1. The standard InChI is InChI=1S/C29H30ClN3O3/c1-33(2)17-16-20-6-12-23(13-7-20)31-28(21-9-4-19(5-10-21)8-15-26(34)36-3)27-24-14-11-22(30)18-25(24)32-29(27)35/h4-7,9-14,18,32,35H,8,15-17H2,1-3H3. The molecule has 0 fully saturated rings. The monoisotopic (exact) mass is 503 g/mol. The molecule has 36 heavy (non-hydrogen) atoms. The molecule has 4 rings (SSSR count). The van der Waals surface area contributed by atoms with Crippen molar-refractivity contribution in [3.8, 4) is 5.88 Å². The number of H-pyrrole nitrogens is 1. The molecule has 1 heterocycles. The van der Waals surface area contributed by atoms with Gasteiger partial charge >= 0.3 is 5.97 Å². The Kier molecular flexibility index (Phi) is 8.08. The Bertz CT molecular complexity index is 1370. The summed E-state index contributed by atoms with van der Waals surface area (Å²) < 4.78 is 4.75. The minimum atomic E-state index is -0.238. The molecule has 1 aromatic heterocycles. The Labute approximate surface area is 216 Å². The molecule has 0 bridgehead atoms. The van der Waals surface area contributed by atoms with Crippen LogP contribution < -0.4 is 0 Å². The number of ether oxygens (including phenoxy) is 1. The number of aliphatic imine (C=N–C) groups is 1. The third-order valence-corrected chi connectivity index (χ3v) is 6.31. The first-order valence-corrected chi connectivity index (χ1v) is 12.2. The molecular formula is C29H30ClN3O3. The molecule has 0 aliphatic heterocycles. The number of fused-ring (bicyclic) bond motifs is 1. The number of likely N-dealkylation sites (N-methyl/N-ethyl adjacent to an activating group) is 1. The van der Waals surface area contributed by atoms with Crippen molar-refractivity contribution >= 4 is 39.9 Å². The van der Waals surface area contributed by atoms with Gasteiger partial charge in [0.1, 0.15) is 0 Å². The number of aryl methyl sites for hydroxylation is 1. The molecule has 2 N–H and O–H groups in total. The van der Waals surface area contributed by atoms with Gasteiger partial charge in [0.05, 0.1) is 29.6 Å². The molecule has 0 amide bonds. The van der Waals surface area contributed by atoms with E-state index in [2.05, 4.69) is 36.1 Å². The van der Waals surface area contributed by atoms with Crippen molar-refractivity contribution < 1.29 is 14.6 Å². The van der Waals surface area contributed by atoms with E-state index in [0.29, 0.717) is 29.1 Å². The number of benzene rings is 3. The highest BCUT2D eigenvalue weighted by atomic mass is 35.5. The third kappa shape index (κ3) is 6.14. The Balaban J connectivity index is 1.74. The molecule has 0 unspecified atom stereocenters. The molecular weight excluding hydrogens is 474 g/mol. The van der Waals surface area contributed by atoms with Gasteiger partial charge in [-0.05, 0) is 62.3 Å². The fourth-order valence-corrected chi connectivity index (χ4v) is 4.23. The lowest BCUT2D eigenvalue weighted by molar-refractivity contribution is -0.140. The van der Waals surface area contributed by atoms with Crippen LogP contribution in [0.4, 0.5) is 5.69 Å². The predicted octanol–water partition coefficient (Wildman–Crippen LogP) is 5.91. The van der Waals surface area contributed by atoms with Crippen molar-refractivity contribution in [3.05, 3.63) is 94.0 Å². The number of halogens is 1. The summed E-state index contributed by atoms with van der Waals surface area (Å²) in [4.78, 5) is 21.7. The number of carbonyl (C=O) groups is 1. The normalized spacial score (nSPS) is 11.9. The van der Waals surface area contributed by atoms with Gasteiger partial charge in [0.15, 0.2) is 5.88 Å². The van der Waals surface area contributed by atoms with E-state index >= 15 is 0 Å². The maximum absolute atomic E-state index is 11.5. The second-order valence-electron chi connectivity index (χ2n) is 8.99. The SMILES string of the molecule is COC(=O)CCc1ccc(C(=Nc2ccc(CCN(C)C)cc2)c2c(O)[nH]c3cc(Cl)ccc23)cc1. The number of esters is 1. The summed E-state index contributed by atoms with van der Waals surface area (Å²) in [6.45, 7) is 0.974. The number of aromatic amines is 1. The lowest BCUT2D eigenvalue weighted by Gasteiger charge is -2.11. The van der Waals surface area contributed by atoms with Crippen LogP contribution in [-0.4, -0.2) is 54.4 Å². The van der Waals surface area contributed by atoms with Crippen LogP contribution in [0.3, 0.4) is 0 Å². The summed E-state index contributed by atoms with van der Waals surface area (Å²) in [6, 6.07) is 21.5. The quantitative estimate of drug-likeness (QED) is 0.220. The number of hydrogen-bond acceptors (Lipinski definition) is 5. The topological polar surface area (TPSA) is 77.9 Å². The zero-order valence-electron chi connectivity index (χ0n) is 20.7. The van der Waals surface area contributed by atoms with Crippen LogP contribution in [0.25, 0.3) is 10.9 Å². The van der Waals surface area contributed by atoms with Crippen LogP contribution in [0.5, 0.6) is 5.88 Å². The van der Waals surface area contributed by atoms with Crippen molar-refractivity contribution in [1.29, 1.82) is 0 Å². The summed E-state index contributed by atoms with van der Waals surface area (Å²) in [5.74, 6) is -0.207. The van der Waals surface area contributed by atoms with Gasteiger partial charge in [-0.1, -0.05) is 54.1 Å². The lowest BCUT2D eigenvalue weighted by Crippen LogP contribution is -2.14. The zero-order valence-corrected chi connectivity index (χ0v) is 21.5. The summed E-state index contributed by atoms with van der Waals surface area (Å²) >= 11 is 6.18. The fraction of sp³-hybridized carbons (Fsp3) is 0.241. The second kappa shape index (κ2) is 11.4. The first-order valence-electron chi connectivity index (χ1n) is 11.8. The summed E-state index contributed by atoms with van der Waals surface area (Å²) in [5.41, 5.74) is 5.88. The van der Waals surface area contributed by atoms with E-state index in [0.717, 1.165) is 40.7 Å². The minimum absolute atomic E-state index is 0.0309. The molecule has 7 heteroatoms. The van der Waals surface area contributed by atoms with Gasteiger partial charge in [-0.25, -0.2) is 4.99 Å². The number of nitrogens with one attached hydrogen (secondary N) is 1. The highest BCUT2D eigenvalue weighted by Gasteiger charge is 2.19. The van der Waals surface area contributed by atoms with Crippen LogP contribution in [-0.2, 0) is 22.4 Å². The Morgan fingerprint density at radius 2 is 1.67 bits per heavy atom. The third-order valence-electron chi connectivity index (χ3n) is 6.08. The van der Waals surface area contributed by atoms with Gasteiger partial charge in [0.2, 0.25) is 0 Å². The zero-order chi connectivity index (χ0) is 25.7. The van der Waals surface area contributed by atoms with E-state index in [1.54, 1.807) is 12.1 Å². The Hall–Kier alpha value is -3.61. The number of nitrogens with zero attached hydrogens (tertiary/aromatic N) is 2. The fourth-order valence-electron chi connectivity index (χ4n) is 4.06. The average molecular weight is 504 g/mol. The van der Waals surface area contributed by atoms with Crippen LogP contribution in [0.15, 0.2) is 71.7 Å². The number of aromatic nitrogens is 1. The van der Waals surface area contributed by atoms with E-state index in [4.69, 9.17) is 21.3 Å². The largest absolute Gasteiger partial charge is 0.494 e. The van der Waals surface area contributed by atoms with Crippen molar-refractivity contribution in [2.75, 3.05) is 27.7 Å². The van der Waals surface area contributed by atoms with E-state index < -0.39 is 0 Å². The van der Waals surface area contributed by atoms with Gasteiger partial charge < -0.3 is 19.7 Å². The summed E-state index contributed by atoms with van der Waals surface area (Å²) in [7, 11) is 5.52. The van der Waals surface area contributed by atoms with Crippen LogP contribution in [0.2, 0.25) is 5.02 Å². The van der Waals surface area contributed by atoms with Gasteiger partial charge in [-0.3, -0.25) is 4.79 Å². The molecule has 0 radical (unpaired) electrons. The molecule has 3 aromatic carbocycles. The smallest absolute Gasteiger partial charge is 0.305 e. The number of hydrogen-bond donors (Lipinski definition) is 2. The highest BCUT2D eigenvalue weighted by Crippen LogP contribution is 2.33. The average Bonchev–Trinajstić information content (AvgIpc) is 3.20. The molecule has 0 atom stereocenters. The van der Waals surface area contributed by atoms with E-state index in [9.17, 15) is 9.90 Å². The molecule has 0 aliphatic carbocycles. The molecule has 6 nitrogen and oxygen atoms in total. The van der Waals surface area contributed by atoms with Crippen LogP contribution >= 0.6 is 11.6 Å². The maximum atomic E-state index is 11.5.